The Morgan fingerprint density at radius 3 is 1.38 bits per heavy atom. The van der Waals surface area contributed by atoms with E-state index in [2.05, 4.69) is 9.98 Å². The van der Waals surface area contributed by atoms with Crippen molar-refractivity contribution in [3.63, 3.8) is 0 Å². The van der Waals surface area contributed by atoms with Gasteiger partial charge >= 0.3 is 17.1 Å². The number of ether oxygens (including phenoxy) is 4. The van der Waals surface area contributed by atoms with Gasteiger partial charge in [0, 0.05) is 35.7 Å². The Kier molecular flexibility index (Phi) is 9.85. The third kappa shape index (κ3) is 6.30. The van der Waals surface area contributed by atoms with Crippen molar-refractivity contribution in [3.8, 4) is 34.5 Å². The summed E-state index contributed by atoms with van der Waals surface area (Å²) in [6.07, 6.45) is 2.90. The summed E-state index contributed by atoms with van der Waals surface area (Å²) >= 11 is 0. The second-order valence-corrected chi connectivity index (χ2v) is 5.55. The van der Waals surface area contributed by atoms with Crippen LogP contribution in [0, 0.1) is 0 Å². The summed E-state index contributed by atoms with van der Waals surface area (Å²) in [4.78, 5) is 8.40. The molecule has 2 rings (SSSR count). The molecule has 0 N–H and O–H groups in total. The van der Waals surface area contributed by atoms with E-state index in [0.717, 1.165) is 0 Å². The van der Waals surface area contributed by atoms with Crippen LogP contribution in [0.25, 0.3) is 0 Å². The van der Waals surface area contributed by atoms with Crippen LogP contribution in [-0.4, -0.2) is 54.0 Å². The van der Waals surface area contributed by atoms with Crippen molar-refractivity contribution in [3.05, 3.63) is 35.4 Å². The fraction of sp³-hybridized carbons (Fsp3) is 0.300. The maximum absolute atomic E-state index is 12.1. The molecule has 0 aliphatic heterocycles. The molecular weight excluding hydrogens is 419 g/mol. The van der Waals surface area contributed by atoms with Crippen molar-refractivity contribution in [2.24, 2.45) is 9.98 Å². The number of methoxy groups -OCH3 is 4. The van der Waals surface area contributed by atoms with Crippen LogP contribution in [0.3, 0.4) is 0 Å². The minimum Gasteiger partial charge on any atom is -0.872 e. The Labute approximate surface area is 180 Å². The molecule has 0 heterocycles. The van der Waals surface area contributed by atoms with Crippen LogP contribution < -0.4 is 29.2 Å². The Balaban J connectivity index is 0.00000420. The molecule has 0 bridgehead atoms. The Hall–Kier alpha value is -2.90. The average molecular weight is 441 g/mol. The van der Waals surface area contributed by atoms with Gasteiger partial charge < -0.3 is 29.2 Å². The van der Waals surface area contributed by atoms with Crippen molar-refractivity contribution >= 4 is 12.4 Å². The van der Waals surface area contributed by atoms with Crippen molar-refractivity contribution in [1.82, 2.24) is 0 Å². The molecular formula is C20H22MnN2O6. The van der Waals surface area contributed by atoms with Gasteiger partial charge in [0.05, 0.1) is 41.5 Å². The van der Waals surface area contributed by atoms with Crippen LogP contribution in [-0.2, 0) is 17.1 Å². The van der Waals surface area contributed by atoms with Crippen LogP contribution in [0.5, 0.6) is 34.5 Å². The molecule has 0 saturated carbocycles. The van der Waals surface area contributed by atoms with Crippen LogP contribution in [0.15, 0.2) is 34.3 Å². The fourth-order valence-corrected chi connectivity index (χ4v) is 2.41. The standard InChI is InChI=1S/C20H24N2O6.Mn/c1-25-13-7-17(23)15(19(9-13)27-3)11-21-5-6-22-12-16-18(24)8-14(26-2)10-20(16)28-4;/h7-12,23-24H,5-6H2,1-4H3;/q;+2/p-2. The molecule has 0 aromatic heterocycles. The Morgan fingerprint density at radius 1 is 0.690 bits per heavy atom. The van der Waals surface area contributed by atoms with Gasteiger partial charge in [0.2, 0.25) is 0 Å². The molecule has 0 unspecified atom stereocenters. The van der Waals surface area contributed by atoms with Gasteiger partial charge in [-0.15, -0.1) is 0 Å². The van der Waals surface area contributed by atoms with Crippen LogP contribution in [0.1, 0.15) is 11.1 Å². The molecule has 1 radical (unpaired) electrons. The van der Waals surface area contributed by atoms with E-state index in [9.17, 15) is 10.2 Å². The van der Waals surface area contributed by atoms with E-state index in [1.54, 1.807) is 12.1 Å². The zero-order valence-corrected chi connectivity index (χ0v) is 17.8. The van der Waals surface area contributed by atoms with E-state index in [-0.39, 0.29) is 28.6 Å². The van der Waals surface area contributed by atoms with E-state index < -0.39 is 0 Å². The van der Waals surface area contributed by atoms with Gasteiger partial charge in [-0.05, 0) is 12.1 Å². The molecule has 0 spiro atoms. The van der Waals surface area contributed by atoms with Gasteiger partial charge in [0.1, 0.15) is 23.0 Å². The van der Waals surface area contributed by atoms with Crippen molar-refractivity contribution in [2.45, 2.75) is 0 Å². The molecule has 8 nitrogen and oxygen atoms in total. The van der Waals surface area contributed by atoms with E-state index in [1.165, 1.54) is 53.0 Å². The summed E-state index contributed by atoms with van der Waals surface area (Å²) < 4.78 is 20.5. The zero-order chi connectivity index (χ0) is 20.5. The molecule has 2 aromatic carbocycles. The first-order chi connectivity index (χ1) is 13.5. The Bertz CT molecular complexity index is 799. The Morgan fingerprint density at radius 2 is 1.07 bits per heavy atom. The molecule has 9 heteroatoms. The predicted octanol–water partition coefficient (Wildman–Crippen LogP) is 1.40. The maximum atomic E-state index is 12.1. The van der Waals surface area contributed by atoms with Gasteiger partial charge in [0.15, 0.2) is 0 Å². The van der Waals surface area contributed by atoms with Crippen molar-refractivity contribution < 1.29 is 46.2 Å². The van der Waals surface area contributed by atoms with Crippen LogP contribution in [0.4, 0.5) is 0 Å². The number of aliphatic imine (C=N–C) groups is 2. The maximum Gasteiger partial charge on any atom is 2.00 e. The second kappa shape index (κ2) is 11.8. The molecule has 29 heavy (non-hydrogen) atoms. The quantitative estimate of drug-likeness (QED) is 0.331. The predicted molar refractivity (Wildman–Crippen MR) is 103 cm³/mol. The largest absolute Gasteiger partial charge is 2.00 e. The molecule has 0 aliphatic rings. The second-order valence-electron chi connectivity index (χ2n) is 5.55. The SMILES string of the molecule is COc1cc([O-])c(C=NCCN=Cc2c([O-])cc(OC)cc2OC)c(OC)c1.[Mn+2]. The summed E-state index contributed by atoms with van der Waals surface area (Å²) in [6.45, 7) is 0.662. The summed E-state index contributed by atoms with van der Waals surface area (Å²) in [6, 6.07) is 5.97. The molecule has 155 valence electrons. The first-order valence-electron chi connectivity index (χ1n) is 8.39. The third-order valence-corrected chi connectivity index (χ3v) is 3.87. The number of hydrogen-bond acceptors (Lipinski definition) is 8. The van der Waals surface area contributed by atoms with E-state index in [1.807, 2.05) is 0 Å². The summed E-state index contributed by atoms with van der Waals surface area (Å²) in [5.41, 5.74) is 0.678. The number of benzene rings is 2. The van der Waals surface area contributed by atoms with Gasteiger partial charge in [-0.3, -0.25) is 9.98 Å². The van der Waals surface area contributed by atoms with Gasteiger partial charge in [-0.25, -0.2) is 0 Å². The minimum atomic E-state index is -0.248. The smallest absolute Gasteiger partial charge is 0.872 e. The first-order valence-corrected chi connectivity index (χ1v) is 8.39. The zero-order valence-electron chi connectivity index (χ0n) is 16.6. The monoisotopic (exact) mass is 441 g/mol. The third-order valence-electron chi connectivity index (χ3n) is 3.87. The molecule has 0 amide bonds. The van der Waals surface area contributed by atoms with Crippen LogP contribution >= 0.6 is 0 Å². The van der Waals surface area contributed by atoms with Crippen molar-refractivity contribution in [1.29, 1.82) is 0 Å². The fourth-order valence-electron chi connectivity index (χ4n) is 2.41. The molecule has 0 aliphatic carbocycles. The number of rotatable bonds is 9. The van der Waals surface area contributed by atoms with E-state index in [4.69, 9.17) is 18.9 Å². The molecule has 0 saturated heterocycles. The van der Waals surface area contributed by atoms with Gasteiger partial charge in [-0.2, -0.15) is 0 Å². The van der Waals surface area contributed by atoms with Crippen LogP contribution in [0.2, 0.25) is 0 Å². The average Bonchev–Trinajstić information content (AvgIpc) is 2.71. The summed E-state index contributed by atoms with van der Waals surface area (Å²) in [7, 11) is 5.90. The van der Waals surface area contributed by atoms with E-state index in [0.29, 0.717) is 47.2 Å². The van der Waals surface area contributed by atoms with Crippen molar-refractivity contribution in [2.75, 3.05) is 41.5 Å². The molecule has 0 fully saturated rings. The molecule has 2 aromatic rings. The summed E-state index contributed by atoms with van der Waals surface area (Å²) in [5.74, 6) is 1.12. The molecule has 0 atom stereocenters. The number of hydrogen-bond donors (Lipinski definition) is 0. The van der Waals surface area contributed by atoms with Gasteiger partial charge in [-0.1, -0.05) is 11.5 Å². The summed E-state index contributed by atoms with van der Waals surface area (Å²) in [5, 5.41) is 24.2. The normalized spacial score (nSPS) is 10.8. The topological polar surface area (TPSA) is 108 Å². The number of nitrogens with zero attached hydrogens (tertiary/aromatic N) is 2. The van der Waals surface area contributed by atoms with E-state index >= 15 is 0 Å². The minimum absolute atomic E-state index is 0. The van der Waals surface area contributed by atoms with Gasteiger partial charge in [0.25, 0.3) is 0 Å². The first kappa shape index (κ1) is 24.1.